The van der Waals surface area contributed by atoms with Gasteiger partial charge in [0.1, 0.15) is 23.5 Å². The van der Waals surface area contributed by atoms with E-state index in [0.717, 1.165) is 11.4 Å². The molecule has 3 N–H and O–H groups in total. The average Bonchev–Trinajstić information content (AvgIpc) is 2.49. The molecule has 1 aliphatic heterocycles. The first-order chi connectivity index (χ1) is 9.58. The lowest BCUT2D eigenvalue weighted by Gasteiger charge is -2.36. The molecule has 0 aromatic carbocycles. The normalized spacial score (nSPS) is 18.9. The van der Waals surface area contributed by atoms with E-state index < -0.39 is 0 Å². The number of carbonyl (C=O) groups is 1. The van der Waals surface area contributed by atoms with Gasteiger partial charge in [-0.3, -0.25) is 4.79 Å². The van der Waals surface area contributed by atoms with Crippen LogP contribution in [0.25, 0.3) is 0 Å². The third kappa shape index (κ3) is 2.67. The molecule has 1 saturated heterocycles. The Labute approximate surface area is 118 Å². The Bertz CT molecular complexity index is 506. The fourth-order valence-corrected chi connectivity index (χ4v) is 2.25. The van der Waals surface area contributed by atoms with Gasteiger partial charge in [0.25, 0.3) is 0 Å². The zero-order chi connectivity index (χ0) is 14.7. The van der Waals surface area contributed by atoms with Gasteiger partial charge in [-0.05, 0) is 6.92 Å². The number of nitrogens with one attached hydrogen (secondary N) is 1. The van der Waals surface area contributed by atoms with Gasteiger partial charge in [-0.15, -0.1) is 0 Å². The second-order valence-electron chi connectivity index (χ2n) is 4.73. The molecule has 20 heavy (non-hydrogen) atoms. The van der Waals surface area contributed by atoms with Gasteiger partial charge in [0, 0.05) is 25.6 Å². The number of nitrogens with zero attached hydrogens (tertiary/aromatic N) is 3. The van der Waals surface area contributed by atoms with Crippen LogP contribution in [0.2, 0.25) is 0 Å². The lowest BCUT2D eigenvalue weighted by molar-refractivity contribution is -0.124. The summed E-state index contributed by atoms with van der Waals surface area (Å²) < 4.78 is 5.41. The van der Waals surface area contributed by atoms with Crippen molar-refractivity contribution in [3.05, 3.63) is 11.4 Å². The first-order valence-electron chi connectivity index (χ1n) is 6.77. The Kier molecular flexibility index (Phi) is 4.39. The highest BCUT2D eigenvalue weighted by molar-refractivity contribution is 5.85. The Morgan fingerprint density at radius 3 is 2.95 bits per heavy atom. The van der Waals surface area contributed by atoms with Crippen LogP contribution in [0.4, 0.5) is 11.6 Å². The van der Waals surface area contributed by atoms with Crippen LogP contribution < -0.4 is 16.0 Å². The molecule has 1 amide bonds. The molecule has 1 aliphatic rings. The number of aryl methyl sites for hydroxylation is 1. The fraction of sp³-hybridized carbons (Fsp3) is 0.615. The van der Waals surface area contributed by atoms with E-state index in [0.29, 0.717) is 37.8 Å². The molecule has 2 heterocycles. The molecular formula is C13H21N5O2. The Morgan fingerprint density at radius 1 is 1.55 bits per heavy atom. The molecule has 1 fully saturated rings. The van der Waals surface area contributed by atoms with E-state index in [4.69, 9.17) is 10.5 Å². The van der Waals surface area contributed by atoms with E-state index in [1.807, 2.05) is 18.7 Å². The third-order valence-electron chi connectivity index (χ3n) is 3.47. The van der Waals surface area contributed by atoms with Gasteiger partial charge in [0.15, 0.2) is 0 Å². The third-order valence-corrected chi connectivity index (χ3v) is 3.47. The molecule has 0 bridgehead atoms. The van der Waals surface area contributed by atoms with E-state index in [1.165, 1.54) is 0 Å². The molecule has 1 atom stereocenters. The fourth-order valence-electron chi connectivity index (χ4n) is 2.25. The molecule has 2 rings (SSSR count). The second-order valence-corrected chi connectivity index (χ2v) is 4.73. The number of hydrogen-bond donors (Lipinski definition) is 2. The number of ether oxygens (including phenoxy) is 1. The number of morpholine rings is 1. The van der Waals surface area contributed by atoms with Crippen LogP contribution in [-0.2, 0) is 16.0 Å². The molecule has 1 aromatic heterocycles. The number of carbonyl (C=O) groups excluding carboxylic acids is 1. The summed E-state index contributed by atoms with van der Waals surface area (Å²) in [7, 11) is 1.62. The summed E-state index contributed by atoms with van der Waals surface area (Å²) in [4.78, 5) is 22.7. The molecule has 7 heteroatoms. The van der Waals surface area contributed by atoms with Crippen molar-refractivity contribution in [3.63, 3.8) is 0 Å². The number of likely N-dealkylation sites (N-methyl/N-ethyl adjacent to an activating group) is 1. The predicted octanol–water partition coefficient (Wildman–Crippen LogP) is -0.119. The summed E-state index contributed by atoms with van der Waals surface area (Å²) in [5.41, 5.74) is 6.75. The monoisotopic (exact) mass is 279 g/mol. The maximum atomic E-state index is 12.0. The van der Waals surface area contributed by atoms with E-state index in [-0.39, 0.29) is 11.9 Å². The van der Waals surface area contributed by atoms with Crippen molar-refractivity contribution in [2.24, 2.45) is 0 Å². The van der Waals surface area contributed by atoms with Crippen LogP contribution in [0, 0.1) is 6.92 Å². The molecule has 0 radical (unpaired) electrons. The highest BCUT2D eigenvalue weighted by atomic mass is 16.5. The summed E-state index contributed by atoms with van der Waals surface area (Å²) in [6.07, 6.45) is 0.701. The van der Waals surface area contributed by atoms with Crippen LogP contribution in [0.1, 0.15) is 18.3 Å². The highest BCUT2D eigenvalue weighted by Crippen LogP contribution is 2.25. The largest absolute Gasteiger partial charge is 0.383 e. The smallest absolute Gasteiger partial charge is 0.244 e. The van der Waals surface area contributed by atoms with E-state index >= 15 is 0 Å². The maximum Gasteiger partial charge on any atom is 0.244 e. The number of rotatable bonds is 3. The Morgan fingerprint density at radius 2 is 2.30 bits per heavy atom. The first-order valence-corrected chi connectivity index (χ1v) is 6.77. The SMILES string of the molecule is CCc1nc(N)c(C)c(N2CCOCC2C(=O)NC)n1. The molecule has 1 aromatic rings. The summed E-state index contributed by atoms with van der Waals surface area (Å²) >= 11 is 0. The molecule has 7 nitrogen and oxygen atoms in total. The quantitative estimate of drug-likeness (QED) is 0.801. The Balaban J connectivity index is 2.41. The van der Waals surface area contributed by atoms with Gasteiger partial charge in [-0.1, -0.05) is 6.92 Å². The van der Waals surface area contributed by atoms with Crippen LogP contribution in [0.3, 0.4) is 0 Å². The van der Waals surface area contributed by atoms with Crippen LogP contribution in [0.15, 0.2) is 0 Å². The summed E-state index contributed by atoms with van der Waals surface area (Å²) in [5.74, 6) is 1.80. The van der Waals surface area contributed by atoms with Gasteiger partial charge in [-0.25, -0.2) is 9.97 Å². The van der Waals surface area contributed by atoms with Gasteiger partial charge < -0.3 is 20.7 Å². The number of hydrogen-bond acceptors (Lipinski definition) is 6. The number of anilines is 2. The number of aromatic nitrogens is 2. The standard InChI is InChI=1S/C13H21N5O2/c1-4-10-16-11(14)8(2)12(17-10)18-5-6-20-7-9(18)13(19)15-3/h9H,4-7H2,1-3H3,(H,15,19)(H2,14,16,17). The van der Waals surface area contributed by atoms with E-state index in [9.17, 15) is 4.79 Å². The average molecular weight is 279 g/mol. The minimum Gasteiger partial charge on any atom is -0.383 e. The molecule has 1 unspecified atom stereocenters. The van der Waals surface area contributed by atoms with Gasteiger partial charge in [-0.2, -0.15) is 0 Å². The number of nitrogens with two attached hydrogens (primary N) is 1. The molecule has 0 aliphatic carbocycles. The number of amides is 1. The zero-order valence-electron chi connectivity index (χ0n) is 12.1. The van der Waals surface area contributed by atoms with Crippen LogP contribution in [0.5, 0.6) is 0 Å². The minimum absolute atomic E-state index is 0.0840. The minimum atomic E-state index is -0.383. The van der Waals surface area contributed by atoms with E-state index in [1.54, 1.807) is 7.05 Å². The molecule has 0 spiro atoms. The van der Waals surface area contributed by atoms with Gasteiger partial charge in [0.05, 0.1) is 13.2 Å². The van der Waals surface area contributed by atoms with Crippen molar-refractivity contribution in [1.29, 1.82) is 0 Å². The molecular weight excluding hydrogens is 258 g/mol. The predicted molar refractivity (Wildman–Crippen MR) is 76.6 cm³/mol. The van der Waals surface area contributed by atoms with Crippen molar-refractivity contribution in [1.82, 2.24) is 15.3 Å². The topological polar surface area (TPSA) is 93.4 Å². The Hall–Kier alpha value is -1.89. The molecule has 110 valence electrons. The van der Waals surface area contributed by atoms with Crippen molar-refractivity contribution >= 4 is 17.5 Å². The zero-order valence-corrected chi connectivity index (χ0v) is 12.1. The second kappa shape index (κ2) is 6.04. The van der Waals surface area contributed by atoms with Crippen molar-refractivity contribution in [2.45, 2.75) is 26.3 Å². The van der Waals surface area contributed by atoms with Crippen LogP contribution in [-0.4, -0.2) is 48.7 Å². The number of nitrogen functional groups attached to an aromatic ring is 1. The summed E-state index contributed by atoms with van der Waals surface area (Å²) in [6, 6.07) is -0.383. The van der Waals surface area contributed by atoms with Crippen molar-refractivity contribution < 1.29 is 9.53 Å². The maximum absolute atomic E-state index is 12.0. The van der Waals surface area contributed by atoms with Crippen LogP contribution >= 0.6 is 0 Å². The lowest BCUT2D eigenvalue weighted by Crippen LogP contribution is -2.54. The first kappa shape index (κ1) is 14.5. The lowest BCUT2D eigenvalue weighted by atomic mass is 10.1. The molecule has 0 saturated carbocycles. The van der Waals surface area contributed by atoms with Crippen molar-refractivity contribution in [2.75, 3.05) is 37.4 Å². The van der Waals surface area contributed by atoms with E-state index in [2.05, 4.69) is 15.3 Å². The van der Waals surface area contributed by atoms with Crippen molar-refractivity contribution in [3.8, 4) is 0 Å². The van der Waals surface area contributed by atoms with Gasteiger partial charge >= 0.3 is 0 Å². The summed E-state index contributed by atoms with van der Waals surface area (Å²) in [5, 5.41) is 2.66. The van der Waals surface area contributed by atoms with Gasteiger partial charge in [0.2, 0.25) is 5.91 Å². The summed E-state index contributed by atoms with van der Waals surface area (Å²) in [6.45, 7) is 5.38. The highest BCUT2D eigenvalue weighted by Gasteiger charge is 2.31.